The number of carboxylic acids is 1. The molecule has 2 aliphatic rings. The van der Waals surface area contributed by atoms with Gasteiger partial charge in [0.05, 0.1) is 0 Å². The first-order chi connectivity index (χ1) is 7.23. The van der Waals surface area contributed by atoms with Gasteiger partial charge in [0.25, 0.3) is 0 Å². The molecule has 0 saturated heterocycles. The van der Waals surface area contributed by atoms with Crippen molar-refractivity contribution in [3.8, 4) is 0 Å². The first-order valence-corrected chi connectivity index (χ1v) is 5.84. The summed E-state index contributed by atoms with van der Waals surface area (Å²) in [4.78, 5) is 10.3. The second kappa shape index (κ2) is 4.21. The molecular formula is C13H18O2. The standard InChI is InChI=1S/C13H18O2/c14-12(15)6-4-5-11-7-10-13(11)8-2-1-3-9-13/h4-6H,1-3,7-10H2,(H,14,15)/b6-4+,11-5+. The normalized spacial score (nSPS) is 27.1. The zero-order chi connectivity index (χ0) is 10.7. The van der Waals surface area contributed by atoms with Gasteiger partial charge in [0.15, 0.2) is 0 Å². The quantitative estimate of drug-likeness (QED) is 0.704. The molecule has 0 aliphatic heterocycles. The van der Waals surface area contributed by atoms with Crippen LogP contribution < -0.4 is 0 Å². The number of rotatable bonds is 2. The van der Waals surface area contributed by atoms with Gasteiger partial charge in [-0.05, 0) is 31.1 Å². The molecule has 0 heterocycles. The fourth-order valence-electron chi connectivity index (χ4n) is 2.93. The molecule has 0 atom stereocenters. The Morgan fingerprint density at radius 1 is 1.20 bits per heavy atom. The van der Waals surface area contributed by atoms with Crippen LogP contribution in [-0.2, 0) is 4.79 Å². The van der Waals surface area contributed by atoms with Crippen LogP contribution in [0.3, 0.4) is 0 Å². The highest BCUT2D eigenvalue weighted by atomic mass is 16.4. The number of aliphatic carboxylic acids is 1. The number of carbonyl (C=O) groups is 1. The summed E-state index contributed by atoms with van der Waals surface area (Å²) in [6.45, 7) is 0. The number of hydrogen-bond acceptors (Lipinski definition) is 1. The molecule has 2 rings (SSSR count). The lowest BCUT2D eigenvalue weighted by Crippen LogP contribution is -2.34. The molecule has 2 fully saturated rings. The molecule has 1 N–H and O–H groups in total. The SMILES string of the molecule is O=C(O)/C=C/C=C1\CCC12CCCCC2. The Kier molecular flexibility index (Phi) is 2.94. The molecule has 0 amide bonds. The van der Waals surface area contributed by atoms with Gasteiger partial charge in [-0.2, -0.15) is 0 Å². The molecule has 0 bridgehead atoms. The van der Waals surface area contributed by atoms with Gasteiger partial charge in [0.1, 0.15) is 0 Å². The van der Waals surface area contributed by atoms with E-state index >= 15 is 0 Å². The molecule has 1 spiro atoms. The zero-order valence-electron chi connectivity index (χ0n) is 9.04. The van der Waals surface area contributed by atoms with Crippen LogP contribution in [0.2, 0.25) is 0 Å². The lowest BCUT2D eigenvalue weighted by Gasteiger charge is -2.47. The van der Waals surface area contributed by atoms with Crippen molar-refractivity contribution < 1.29 is 9.90 Å². The first kappa shape index (κ1) is 10.5. The Labute approximate surface area is 90.7 Å². The maximum Gasteiger partial charge on any atom is 0.328 e. The Morgan fingerprint density at radius 2 is 1.93 bits per heavy atom. The van der Waals surface area contributed by atoms with E-state index in [0.29, 0.717) is 5.41 Å². The van der Waals surface area contributed by atoms with E-state index in [2.05, 4.69) is 0 Å². The van der Waals surface area contributed by atoms with Crippen molar-refractivity contribution in [2.45, 2.75) is 44.9 Å². The van der Waals surface area contributed by atoms with Gasteiger partial charge in [-0.1, -0.05) is 37.0 Å². The van der Waals surface area contributed by atoms with Gasteiger partial charge < -0.3 is 5.11 Å². The lowest BCUT2D eigenvalue weighted by molar-refractivity contribution is -0.131. The van der Waals surface area contributed by atoms with Crippen LogP contribution >= 0.6 is 0 Å². The van der Waals surface area contributed by atoms with Gasteiger partial charge in [-0.25, -0.2) is 4.79 Å². The monoisotopic (exact) mass is 206 g/mol. The van der Waals surface area contributed by atoms with Crippen molar-refractivity contribution in [3.05, 3.63) is 23.8 Å². The molecule has 0 radical (unpaired) electrons. The van der Waals surface area contributed by atoms with Crippen molar-refractivity contribution in [1.82, 2.24) is 0 Å². The van der Waals surface area contributed by atoms with E-state index in [4.69, 9.17) is 5.11 Å². The lowest BCUT2D eigenvalue weighted by atomic mass is 9.57. The number of allylic oxidation sites excluding steroid dienone is 3. The molecule has 0 aromatic carbocycles. The second-order valence-corrected chi connectivity index (χ2v) is 4.73. The summed E-state index contributed by atoms with van der Waals surface area (Å²) in [6, 6.07) is 0. The second-order valence-electron chi connectivity index (χ2n) is 4.73. The summed E-state index contributed by atoms with van der Waals surface area (Å²) < 4.78 is 0. The number of carboxylic acid groups (broad SMARTS) is 1. The topological polar surface area (TPSA) is 37.3 Å². The largest absolute Gasteiger partial charge is 0.478 e. The molecule has 0 unspecified atom stereocenters. The van der Waals surface area contributed by atoms with E-state index in [1.54, 1.807) is 6.08 Å². The molecule has 0 aromatic rings. The van der Waals surface area contributed by atoms with E-state index in [1.165, 1.54) is 56.6 Å². The van der Waals surface area contributed by atoms with Crippen molar-refractivity contribution >= 4 is 5.97 Å². The van der Waals surface area contributed by atoms with Crippen LogP contribution in [0.1, 0.15) is 44.9 Å². The minimum atomic E-state index is -0.858. The molecule has 0 aromatic heterocycles. The fraction of sp³-hybridized carbons (Fsp3) is 0.615. The summed E-state index contributed by atoms with van der Waals surface area (Å²) in [5.41, 5.74) is 1.96. The fourth-order valence-corrected chi connectivity index (χ4v) is 2.93. The smallest absolute Gasteiger partial charge is 0.328 e. The molecule has 2 nitrogen and oxygen atoms in total. The highest BCUT2D eigenvalue weighted by molar-refractivity contribution is 5.80. The third kappa shape index (κ3) is 2.14. The molecular weight excluding hydrogens is 188 g/mol. The molecule has 15 heavy (non-hydrogen) atoms. The minimum Gasteiger partial charge on any atom is -0.478 e. The van der Waals surface area contributed by atoms with Crippen molar-refractivity contribution in [3.63, 3.8) is 0 Å². The summed E-state index contributed by atoms with van der Waals surface area (Å²) in [6.07, 6.45) is 14.1. The van der Waals surface area contributed by atoms with Crippen LogP contribution in [0.25, 0.3) is 0 Å². The predicted molar refractivity (Wildman–Crippen MR) is 59.6 cm³/mol. The van der Waals surface area contributed by atoms with Crippen LogP contribution in [0.15, 0.2) is 23.8 Å². The summed E-state index contributed by atoms with van der Waals surface area (Å²) in [5.74, 6) is -0.858. The van der Waals surface area contributed by atoms with Crippen LogP contribution in [0, 0.1) is 5.41 Å². The van der Waals surface area contributed by atoms with Gasteiger partial charge in [0, 0.05) is 6.08 Å². The van der Waals surface area contributed by atoms with E-state index in [0.717, 1.165) is 0 Å². The average molecular weight is 206 g/mol. The van der Waals surface area contributed by atoms with E-state index in [9.17, 15) is 4.79 Å². The summed E-state index contributed by atoms with van der Waals surface area (Å²) >= 11 is 0. The third-order valence-electron chi connectivity index (χ3n) is 3.90. The minimum absolute atomic E-state index is 0.473. The number of hydrogen-bond donors (Lipinski definition) is 1. The van der Waals surface area contributed by atoms with Gasteiger partial charge in [0.2, 0.25) is 0 Å². The van der Waals surface area contributed by atoms with Gasteiger partial charge in [-0.15, -0.1) is 0 Å². The van der Waals surface area contributed by atoms with Crippen molar-refractivity contribution in [2.75, 3.05) is 0 Å². The van der Waals surface area contributed by atoms with Crippen LogP contribution in [-0.4, -0.2) is 11.1 Å². The van der Waals surface area contributed by atoms with E-state index in [1.807, 2.05) is 6.08 Å². The van der Waals surface area contributed by atoms with Gasteiger partial charge >= 0.3 is 5.97 Å². The maximum atomic E-state index is 10.3. The Hall–Kier alpha value is -1.05. The molecule has 2 aliphatic carbocycles. The molecule has 2 heteroatoms. The Balaban J connectivity index is 2.01. The van der Waals surface area contributed by atoms with Crippen molar-refractivity contribution in [2.24, 2.45) is 5.41 Å². The van der Waals surface area contributed by atoms with E-state index < -0.39 is 5.97 Å². The summed E-state index contributed by atoms with van der Waals surface area (Å²) in [7, 11) is 0. The average Bonchev–Trinajstić information content (AvgIpc) is 2.24. The predicted octanol–water partition coefficient (Wildman–Crippen LogP) is 3.30. The maximum absolute atomic E-state index is 10.3. The first-order valence-electron chi connectivity index (χ1n) is 5.84. The third-order valence-corrected chi connectivity index (χ3v) is 3.90. The highest BCUT2D eigenvalue weighted by Gasteiger charge is 2.41. The zero-order valence-corrected chi connectivity index (χ0v) is 9.04. The van der Waals surface area contributed by atoms with Crippen LogP contribution in [0.5, 0.6) is 0 Å². The Morgan fingerprint density at radius 3 is 2.47 bits per heavy atom. The molecule has 82 valence electrons. The van der Waals surface area contributed by atoms with Gasteiger partial charge in [-0.3, -0.25) is 0 Å². The van der Waals surface area contributed by atoms with Crippen LogP contribution in [0.4, 0.5) is 0 Å². The summed E-state index contributed by atoms with van der Waals surface area (Å²) in [5, 5.41) is 8.50. The van der Waals surface area contributed by atoms with Crippen molar-refractivity contribution in [1.29, 1.82) is 0 Å². The van der Waals surface area contributed by atoms with E-state index in [-0.39, 0.29) is 0 Å². The molecule has 2 saturated carbocycles. The highest BCUT2D eigenvalue weighted by Crippen LogP contribution is 2.55. The Bertz CT molecular complexity index is 306.